The van der Waals surface area contributed by atoms with Crippen molar-refractivity contribution in [3.8, 4) is 0 Å². The first-order valence-corrected chi connectivity index (χ1v) is 3.28. The number of carbonyl (C=O) groups excluding carboxylic acids is 1. The zero-order valence-corrected chi connectivity index (χ0v) is 5.13. The highest BCUT2D eigenvalue weighted by Gasteiger charge is 2.32. The molecular formula is C8H8O. The molecule has 2 rings (SSSR count). The van der Waals surface area contributed by atoms with Gasteiger partial charge in [0, 0.05) is 6.42 Å². The molecule has 0 aliphatic heterocycles. The standard InChI is InChI=1S/C8H8O/c9-8-5-6-3-1-2-4-7(6)8/h1-2,4,6H,3,5H2. The fourth-order valence-corrected chi connectivity index (χ4v) is 1.40. The molecule has 0 aromatic heterocycles. The van der Waals surface area contributed by atoms with Gasteiger partial charge < -0.3 is 0 Å². The van der Waals surface area contributed by atoms with E-state index in [0.29, 0.717) is 11.7 Å². The Bertz CT molecular complexity index is 209. The summed E-state index contributed by atoms with van der Waals surface area (Å²) in [6.45, 7) is 0. The van der Waals surface area contributed by atoms with Crippen molar-refractivity contribution in [2.45, 2.75) is 12.8 Å². The van der Waals surface area contributed by atoms with Crippen molar-refractivity contribution >= 4 is 5.78 Å². The number of ketones is 1. The van der Waals surface area contributed by atoms with Gasteiger partial charge in [0.2, 0.25) is 0 Å². The first-order valence-electron chi connectivity index (χ1n) is 3.28. The Hall–Kier alpha value is -0.850. The van der Waals surface area contributed by atoms with Crippen LogP contribution in [-0.4, -0.2) is 5.78 Å². The fraction of sp³-hybridized carbons (Fsp3) is 0.375. The van der Waals surface area contributed by atoms with E-state index in [-0.39, 0.29) is 0 Å². The lowest BCUT2D eigenvalue weighted by Gasteiger charge is -2.28. The van der Waals surface area contributed by atoms with Gasteiger partial charge in [-0.25, -0.2) is 0 Å². The summed E-state index contributed by atoms with van der Waals surface area (Å²) >= 11 is 0. The van der Waals surface area contributed by atoms with Crippen LogP contribution in [0, 0.1) is 5.92 Å². The zero-order chi connectivity index (χ0) is 6.27. The van der Waals surface area contributed by atoms with E-state index < -0.39 is 0 Å². The molecule has 0 spiro atoms. The summed E-state index contributed by atoms with van der Waals surface area (Å²) in [7, 11) is 0. The van der Waals surface area contributed by atoms with Gasteiger partial charge in [-0.3, -0.25) is 4.79 Å². The molecule has 1 saturated carbocycles. The van der Waals surface area contributed by atoms with E-state index >= 15 is 0 Å². The van der Waals surface area contributed by atoms with Crippen LogP contribution < -0.4 is 0 Å². The monoisotopic (exact) mass is 120 g/mol. The van der Waals surface area contributed by atoms with Crippen LogP contribution in [0.5, 0.6) is 0 Å². The summed E-state index contributed by atoms with van der Waals surface area (Å²) in [6, 6.07) is 0. The largest absolute Gasteiger partial charge is 0.295 e. The van der Waals surface area contributed by atoms with E-state index in [1.54, 1.807) is 0 Å². The Labute approximate surface area is 54.1 Å². The van der Waals surface area contributed by atoms with E-state index in [9.17, 15) is 4.79 Å². The lowest BCUT2D eigenvalue weighted by atomic mass is 9.74. The van der Waals surface area contributed by atoms with Crippen molar-refractivity contribution in [3.63, 3.8) is 0 Å². The number of hydrogen-bond acceptors (Lipinski definition) is 1. The predicted molar refractivity (Wildman–Crippen MR) is 35.0 cm³/mol. The average molecular weight is 120 g/mol. The maximum atomic E-state index is 10.8. The number of rotatable bonds is 0. The molecule has 2 aliphatic carbocycles. The normalized spacial score (nSPS) is 30.9. The second-order valence-corrected chi connectivity index (χ2v) is 2.61. The number of carbonyl (C=O) groups is 1. The summed E-state index contributed by atoms with van der Waals surface area (Å²) in [4.78, 5) is 10.8. The minimum absolute atomic E-state index is 0.351. The van der Waals surface area contributed by atoms with Gasteiger partial charge in [0.05, 0.1) is 0 Å². The van der Waals surface area contributed by atoms with Gasteiger partial charge in [-0.15, -0.1) is 0 Å². The van der Waals surface area contributed by atoms with E-state index in [1.807, 2.05) is 12.2 Å². The van der Waals surface area contributed by atoms with Crippen LogP contribution in [-0.2, 0) is 4.79 Å². The van der Waals surface area contributed by atoms with Crippen LogP contribution >= 0.6 is 0 Å². The Morgan fingerprint density at radius 2 is 2.44 bits per heavy atom. The van der Waals surface area contributed by atoms with Gasteiger partial charge in [-0.05, 0) is 17.9 Å². The zero-order valence-electron chi connectivity index (χ0n) is 5.13. The molecular weight excluding hydrogens is 112 g/mol. The van der Waals surface area contributed by atoms with Gasteiger partial charge in [0.15, 0.2) is 5.78 Å². The molecule has 46 valence electrons. The molecule has 0 aromatic carbocycles. The number of fused-ring (bicyclic) bond motifs is 1. The highest BCUT2D eigenvalue weighted by molar-refractivity contribution is 6.03. The molecule has 0 N–H and O–H groups in total. The molecule has 0 amide bonds. The third-order valence-corrected chi connectivity index (χ3v) is 2.03. The Morgan fingerprint density at radius 3 is 3.00 bits per heavy atom. The lowest BCUT2D eigenvalue weighted by Crippen LogP contribution is -2.28. The van der Waals surface area contributed by atoms with Gasteiger partial charge in [0.1, 0.15) is 0 Å². The Kier molecular flexibility index (Phi) is 0.865. The quantitative estimate of drug-likeness (QED) is 0.473. The molecule has 0 saturated heterocycles. The van der Waals surface area contributed by atoms with E-state index in [4.69, 9.17) is 0 Å². The molecule has 1 nitrogen and oxygen atoms in total. The first-order chi connectivity index (χ1) is 4.38. The summed E-state index contributed by atoms with van der Waals surface area (Å²) < 4.78 is 0. The van der Waals surface area contributed by atoms with Crippen LogP contribution in [0.3, 0.4) is 0 Å². The molecule has 0 radical (unpaired) electrons. The van der Waals surface area contributed by atoms with E-state index in [1.165, 1.54) is 0 Å². The van der Waals surface area contributed by atoms with Gasteiger partial charge >= 0.3 is 0 Å². The van der Waals surface area contributed by atoms with Crippen molar-refractivity contribution < 1.29 is 4.79 Å². The molecule has 1 unspecified atom stereocenters. The van der Waals surface area contributed by atoms with Crippen molar-refractivity contribution in [1.29, 1.82) is 0 Å². The van der Waals surface area contributed by atoms with Crippen molar-refractivity contribution in [3.05, 3.63) is 23.8 Å². The number of allylic oxidation sites excluding steroid dienone is 4. The average Bonchev–Trinajstić information content (AvgIpc) is 1.86. The molecule has 0 heterocycles. The molecule has 2 aliphatic rings. The van der Waals surface area contributed by atoms with Crippen molar-refractivity contribution in [1.82, 2.24) is 0 Å². The summed E-state index contributed by atoms with van der Waals surface area (Å²) in [5.74, 6) is 0.937. The predicted octanol–water partition coefficient (Wildman–Crippen LogP) is 1.46. The molecule has 0 aromatic rings. The van der Waals surface area contributed by atoms with Crippen molar-refractivity contribution in [2.24, 2.45) is 5.92 Å². The molecule has 1 atom stereocenters. The third kappa shape index (κ3) is 0.576. The van der Waals surface area contributed by atoms with Crippen LogP contribution in [0.4, 0.5) is 0 Å². The molecule has 9 heavy (non-hydrogen) atoms. The lowest BCUT2D eigenvalue weighted by molar-refractivity contribution is -0.120. The van der Waals surface area contributed by atoms with E-state index in [0.717, 1.165) is 18.4 Å². The van der Waals surface area contributed by atoms with Gasteiger partial charge in [-0.2, -0.15) is 0 Å². The fourth-order valence-electron chi connectivity index (χ4n) is 1.40. The van der Waals surface area contributed by atoms with Crippen LogP contribution in [0.2, 0.25) is 0 Å². The maximum absolute atomic E-state index is 10.8. The number of Topliss-reactive ketones (excluding diaryl/α,β-unsaturated/α-hetero) is 1. The maximum Gasteiger partial charge on any atom is 0.159 e. The minimum Gasteiger partial charge on any atom is -0.295 e. The SMILES string of the molecule is O=C1CC2CC=CC=C12. The van der Waals surface area contributed by atoms with Crippen molar-refractivity contribution in [2.75, 3.05) is 0 Å². The first kappa shape index (κ1) is 4.98. The molecule has 1 fully saturated rings. The van der Waals surface area contributed by atoms with Crippen LogP contribution in [0.15, 0.2) is 23.8 Å². The minimum atomic E-state index is 0.351. The third-order valence-electron chi connectivity index (χ3n) is 2.03. The Morgan fingerprint density at radius 1 is 1.56 bits per heavy atom. The second-order valence-electron chi connectivity index (χ2n) is 2.61. The Balaban J connectivity index is 2.31. The second kappa shape index (κ2) is 1.56. The van der Waals surface area contributed by atoms with Crippen LogP contribution in [0.25, 0.3) is 0 Å². The van der Waals surface area contributed by atoms with E-state index in [2.05, 4.69) is 6.08 Å². The smallest absolute Gasteiger partial charge is 0.159 e. The summed E-state index contributed by atoms with van der Waals surface area (Å²) in [5, 5.41) is 0. The molecule has 0 bridgehead atoms. The van der Waals surface area contributed by atoms with Crippen LogP contribution in [0.1, 0.15) is 12.8 Å². The highest BCUT2D eigenvalue weighted by Crippen LogP contribution is 2.34. The molecule has 1 heteroatoms. The topological polar surface area (TPSA) is 17.1 Å². The summed E-state index contributed by atoms with van der Waals surface area (Å²) in [6.07, 6.45) is 7.91. The highest BCUT2D eigenvalue weighted by atomic mass is 16.1. The summed E-state index contributed by atoms with van der Waals surface area (Å²) in [5.41, 5.74) is 1.05. The van der Waals surface area contributed by atoms with Gasteiger partial charge in [-0.1, -0.05) is 18.2 Å². The number of hydrogen-bond donors (Lipinski definition) is 0. The van der Waals surface area contributed by atoms with Gasteiger partial charge in [0.25, 0.3) is 0 Å².